The summed E-state index contributed by atoms with van der Waals surface area (Å²) < 4.78 is 23.0. The van der Waals surface area contributed by atoms with Crippen LogP contribution in [-0.4, -0.2) is 79.8 Å². The van der Waals surface area contributed by atoms with E-state index in [1.54, 1.807) is 0 Å². The van der Waals surface area contributed by atoms with Crippen LogP contribution in [0.2, 0.25) is 0 Å². The molecule has 0 aliphatic rings. The van der Waals surface area contributed by atoms with Gasteiger partial charge in [0, 0.05) is 6.42 Å². The average Bonchev–Trinajstić information content (AvgIpc) is 2.99. The molecule has 1 amide bonds. The Bertz CT molecular complexity index is 750. The molecule has 10 heteroatoms. The predicted octanol–water partition coefficient (Wildman–Crippen LogP) is 7.80. The van der Waals surface area contributed by atoms with Crippen LogP contribution in [0.1, 0.15) is 168 Å². The number of hydrogen-bond acceptors (Lipinski definition) is 7. The topological polar surface area (TPSA) is 128 Å². The number of aliphatic hydroxyl groups excluding tert-OH is 2. The molecule has 0 aliphatic heterocycles. The molecule has 0 saturated heterocycles. The number of likely N-dealkylation sites (N-methyl/N-ethyl adjacent to an activating group) is 1. The summed E-state index contributed by atoms with van der Waals surface area (Å²) in [6, 6.07) is -1.06. The number of quaternary nitrogens is 1. The van der Waals surface area contributed by atoms with E-state index in [1.807, 2.05) is 21.1 Å². The van der Waals surface area contributed by atoms with Crippen LogP contribution in [0.15, 0.2) is 0 Å². The van der Waals surface area contributed by atoms with E-state index in [4.69, 9.17) is 9.05 Å². The van der Waals surface area contributed by atoms with Crippen LogP contribution in [0.4, 0.5) is 0 Å². The summed E-state index contributed by atoms with van der Waals surface area (Å²) >= 11 is 0. The Labute approximate surface area is 283 Å². The fraction of sp³-hybridized carbons (Fsp3) is 0.972. The highest BCUT2D eigenvalue weighted by molar-refractivity contribution is 7.45. The van der Waals surface area contributed by atoms with Gasteiger partial charge in [0.25, 0.3) is 7.82 Å². The number of carbonyl (C=O) groups is 1. The van der Waals surface area contributed by atoms with Crippen molar-refractivity contribution in [1.29, 1.82) is 0 Å². The fourth-order valence-electron chi connectivity index (χ4n) is 5.55. The Hall–Kier alpha value is -0.540. The second-order valence-corrected chi connectivity index (χ2v) is 15.8. The van der Waals surface area contributed by atoms with Crippen LogP contribution in [0.3, 0.4) is 0 Å². The maximum absolute atomic E-state index is 12.8. The molecule has 0 aromatic rings. The van der Waals surface area contributed by atoms with E-state index in [0.717, 1.165) is 38.5 Å². The van der Waals surface area contributed by atoms with Gasteiger partial charge < -0.3 is 34.0 Å². The van der Waals surface area contributed by atoms with E-state index in [0.29, 0.717) is 17.4 Å². The maximum atomic E-state index is 12.8. The van der Waals surface area contributed by atoms with Gasteiger partial charge in [0.2, 0.25) is 5.91 Å². The van der Waals surface area contributed by atoms with Crippen LogP contribution in [0.5, 0.6) is 0 Å². The first-order chi connectivity index (χ1) is 21.9. The van der Waals surface area contributed by atoms with Crippen LogP contribution < -0.4 is 10.2 Å². The van der Waals surface area contributed by atoms with Crippen LogP contribution in [0.25, 0.3) is 0 Å². The van der Waals surface area contributed by atoms with Crippen LogP contribution in [-0.2, 0) is 18.4 Å². The molecule has 0 bridgehead atoms. The third-order valence-electron chi connectivity index (χ3n) is 8.69. The zero-order chi connectivity index (χ0) is 34.5. The first-order valence-electron chi connectivity index (χ1n) is 19.0. The number of amides is 1. The number of nitrogens with zero attached hydrogens (tertiary/aromatic N) is 1. The van der Waals surface area contributed by atoms with Gasteiger partial charge in [0.05, 0.1) is 39.9 Å². The third kappa shape index (κ3) is 29.6. The number of hydrogen-bond donors (Lipinski definition) is 3. The van der Waals surface area contributed by atoms with Gasteiger partial charge in [-0.3, -0.25) is 9.36 Å². The van der Waals surface area contributed by atoms with E-state index in [9.17, 15) is 24.5 Å². The van der Waals surface area contributed by atoms with Gasteiger partial charge in [-0.2, -0.15) is 0 Å². The minimum Gasteiger partial charge on any atom is -0.756 e. The normalized spacial score (nSPS) is 15.4. The van der Waals surface area contributed by atoms with E-state index in [2.05, 4.69) is 19.2 Å². The average molecular weight is 679 g/mol. The zero-order valence-electron chi connectivity index (χ0n) is 30.7. The monoisotopic (exact) mass is 679 g/mol. The summed E-state index contributed by atoms with van der Waals surface area (Å²) in [5.74, 6) is -0.281. The molecule has 0 spiro atoms. The van der Waals surface area contributed by atoms with E-state index in [-0.39, 0.29) is 18.9 Å². The van der Waals surface area contributed by atoms with Crippen molar-refractivity contribution in [3.8, 4) is 0 Å². The molecule has 0 aromatic carbocycles. The van der Waals surface area contributed by atoms with Crippen molar-refractivity contribution in [2.45, 2.75) is 186 Å². The second kappa shape index (κ2) is 29.4. The number of carbonyl (C=O) groups excluding carboxylic acids is 1. The highest BCUT2D eigenvalue weighted by Gasteiger charge is 2.29. The molecule has 9 nitrogen and oxygen atoms in total. The molecule has 4 atom stereocenters. The number of aliphatic hydroxyl groups is 2. The summed E-state index contributed by atoms with van der Waals surface area (Å²) in [6.45, 7) is 4.40. The molecule has 0 aliphatic carbocycles. The van der Waals surface area contributed by atoms with Gasteiger partial charge >= 0.3 is 0 Å². The predicted molar refractivity (Wildman–Crippen MR) is 189 cm³/mol. The summed E-state index contributed by atoms with van der Waals surface area (Å²) in [5, 5.41) is 24.4. The molecule has 0 heterocycles. The summed E-state index contributed by atoms with van der Waals surface area (Å²) in [7, 11) is 1.13. The molecule has 46 heavy (non-hydrogen) atoms. The molecule has 0 radical (unpaired) electrons. The van der Waals surface area contributed by atoms with Crippen LogP contribution >= 0.6 is 7.82 Å². The van der Waals surface area contributed by atoms with Crippen molar-refractivity contribution in [3.05, 3.63) is 0 Å². The SMILES string of the molecule is CCCCCCCCCCCCCCC(O)C(O)C(COP(=O)([O-])OCC[N+](C)(C)C)NC(=O)CCCCCCCCCCCC. The Kier molecular flexibility index (Phi) is 29.0. The molecule has 276 valence electrons. The lowest BCUT2D eigenvalue weighted by atomic mass is 9.99. The van der Waals surface area contributed by atoms with Gasteiger partial charge in [-0.25, -0.2) is 0 Å². The number of phosphoric acid groups is 1. The van der Waals surface area contributed by atoms with E-state index >= 15 is 0 Å². The lowest BCUT2D eigenvalue weighted by Crippen LogP contribution is -2.51. The third-order valence-corrected chi connectivity index (χ3v) is 9.65. The number of nitrogens with one attached hydrogen (secondary N) is 1. The standard InChI is InChI=1S/C36H75N2O7P/c1-6-8-10-12-14-16-18-19-20-22-24-26-28-34(39)36(41)33(32-45-46(42,43)44-31-30-38(3,4)5)37-35(40)29-27-25-23-21-17-15-13-11-9-7-2/h33-34,36,39,41H,6-32H2,1-5H3,(H-,37,40,42,43). The van der Waals surface area contributed by atoms with Gasteiger partial charge in [0.15, 0.2) is 0 Å². The smallest absolute Gasteiger partial charge is 0.268 e. The fourth-order valence-corrected chi connectivity index (χ4v) is 6.27. The van der Waals surface area contributed by atoms with E-state index in [1.165, 1.54) is 103 Å². The molecule has 0 rings (SSSR count). The Morgan fingerprint density at radius 3 is 1.54 bits per heavy atom. The van der Waals surface area contributed by atoms with Gasteiger partial charge in [-0.05, 0) is 12.8 Å². The molecule has 0 aromatic heterocycles. The maximum Gasteiger partial charge on any atom is 0.268 e. The molecule has 0 fully saturated rings. The molecule has 3 N–H and O–H groups in total. The molecular weight excluding hydrogens is 603 g/mol. The van der Waals surface area contributed by atoms with Crippen molar-refractivity contribution < 1.29 is 38.0 Å². The van der Waals surface area contributed by atoms with Crippen molar-refractivity contribution in [2.75, 3.05) is 40.9 Å². The second-order valence-electron chi connectivity index (χ2n) is 14.4. The minimum absolute atomic E-state index is 0.0375. The van der Waals surface area contributed by atoms with Crippen LogP contribution in [0, 0.1) is 0 Å². The first-order valence-corrected chi connectivity index (χ1v) is 20.4. The molecular formula is C36H75N2O7P. The van der Waals surface area contributed by atoms with Gasteiger partial charge in [0.1, 0.15) is 19.3 Å². The Balaban J connectivity index is 4.62. The van der Waals surface area contributed by atoms with Crippen molar-refractivity contribution in [1.82, 2.24) is 5.32 Å². The quantitative estimate of drug-likeness (QED) is 0.0360. The number of rotatable bonds is 34. The minimum atomic E-state index is -4.65. The number of phosphoric ester groups is 1. The Morgan fingerprint density at radius 2 is 1.11 bits per heavy atom. The van der Waals surface area contributed by atoms with Crippen molar-refractivity contribution >= 4 is 13.7 Å². The van der Waals surface area contributed by atoms with E-state index < -0.39 is 32.7 Å². The molecule has 4 unspecified atom stereocenters. The van der Waals surface area contributed by atoms with Crippen molar-refractivity contribution in [2.24, 2.45) is 0 Å². The summed E-state index contributed by atoms with van der Waals surface area (Å²) in [6.07, 6.45) is 24.2. The van der Waals surface area contributed by atoms with Crippen molar-refractivity contribution in [3.63, 3.8) is 0 Å². The summed E-state index contributed by atoms with van der Waals surface area (Å²) in [5.41, 5.74) is 0. The van der Waals surface area contributed by atoms with Gasteiger partial charge in [-0.15, -0.1) is 0 Å². The lowest BCUT2D eigenvalue weighted by Gasteiger charge is -2.31. The Morgan fingerprint density at radius 1 is 0.696 bits per heavy atom. The van der Waals surface area contributed by atoms with Gasteiger partial charge in [-0.1, -0.05) is 149 Å². The first kappa shape index (κ1) is 45.5. The highest BCUT2D eigenvalue weighted by Crippen LogP contribution is 2.38. The summed E-state index contributed by atoms with van der Waals surface area (Å²) in [4.78, 5) is 25.1. The highest BCUT2D eigenvalue weighted by atomic mass is 31.2. The zero-order valence-corrected chi connectivity index (χ0v) is 31.5. The molecule has 0 saturated carbocycles. The lowest BCUT2D eigenvalue weighted by molar-refractivity contribution is -0.870. The largest absolute Gasteiger partial charge is 0.756 e. The number of unbranched alkanes of at least 4 members (excludes halogenated alkanes) is 20.